The van der Waals surface area contributed by atoms with Crippen molar-refractivity contribution >= 4 is 17.9 Å². The molecular formula is C58H94O6. The van der Waals surface area contributed by atoms with Gasteiger partial charge in [0.15, 0.2) is 6.10 Å². The second-order valence-corrected chi connectivity index (χ2v) is 16.7. The van der Waals surface area contributed by atoms with Crippen molar-refractivity contribution < 1.29 is 28.6 Å². The Bertz CT molecular complexity index is 1340. The van der Waals surface area contributed by atoms with Crippen LogP contribution in [0.4, 0.5) is 0 Å². The fourth-order valence-electron chi connectivity index (χ4n) is 6.72. The van der Waals surface area contributed by atoms with Crippen molar-refractivity contribution in [3.63, 3.8) is 0 Å². The number of allylic oxidation sites excluding steroid dienone is 18. The zero-order chi connectivity index (χ0) is 46.5. The molecule has 0 saturated heterocycles. The van der Waals surface area contributed by atoms with Crippen molar-refractivity contribution in [3.8, 4) is 0 Å². The fraction of sp³-hybridized carbons (Fsp3) is 0.638. The molecule has 0 aliphatic heterocycles. The number of esters is 3. The molecule has 0 aromatic heterocycles. The quantitative estimate of drug-likeness (QED) is 0.0262. The minimum atomic E-state index is -0.817. The van der Waals surface area contributed by atoms with Crippen molar-refractivity contribution in [2.75, 3.05) is 13.2 Å². The van der Waals surface area contributed by atoms with Gasteiger partial charge in [-0.2, -0.15) is 0 Å². The van der Waals surface area contributed by atoms with E-state index in [1.807, 2.05) is 12.2 Å². The summed E-state index contributed by atoms with van der Waals surface area (Å²) in [7, 11) is 0. The normalized spacial score (nSPS) is 13.0. The molecule has 0 bridgehead atoms. The van der Waals surface area contributed by atoms with Crippen molar-refractivity contribution in [3.05, 3.63) is 109 Å². The third-order valence-electron chi connectivity index (χ3n) is 10.5. The Morgan fingerprint density at radius 1 is 0.328 bits per heavy atom. The maximum Gasteiger partial charge on any atom is 0.306 e. The first kappa shape index (κ1) is 60.1. The Labute approximate surface area is 393 Å². The standard InChI is InChI=1S/C58H94O6/c1-4-7-10-13-16-19-22-25-27-28-29-30-32-33-36-39-42-45-48-51-57(60)63-54-55(53-62-56(59)50-47-44-41-38-35-24-21-18-15-12-9-6-3)64-58(61)52-49-46-43-40-37-34-31-26-23-20-17-14-11-8-5-2/h7-8,10-11,16-17,19-20,25-27,29-31,33,36,42,45,55H,4-6,9,12-15,18,21-24,28,32,34-35,37-41,43-44,46-54H2,1-3H3/b10-7-,11-8-,19-16-,20-17-,27-25-,30-29-,31-26-,36-33-,45-42-/t55-/m1/s1. The molecule has 0 amide bonds. The van der Waals surface area contributed by atoms with Gasteiger partial charge in [0.25, 0.3) is 0 Å². The molecule has 6 nitrogen and oxygen atoms in total. The van der Waals surface area contributed by atoms with Gasteiger partial charge in [0.1, 0.15) is 13.2 Å². The van der Waals surface area contributed by atoms with Gasteiger partial charge in [-0.25, -0.2) is 0 Å². The third kappa shape index (κ3) is 49.1. The molecule has 0 heterocycles. The highest BCUT2D eigenvalue weighted by molar-refractivity contribution is 5.71. The van der Waals surface area contributed by atoms with Gasteiger partial charge in [-0.1, -0.05) is 220 Å². The van der Waals surface area contributed by atoms with E-state index in [0.717, 1.165) is 116 Å². The summed E-state index contributed by atoms with van der Waals surface area (Å²) < 4.78 is 16.7. The molecule has 0 unspecified atom stereocenters. The third-order valence-corrected chi connectivity index (χ3v) is 10.5. The van der Waals surface area contributed by atoms with E-state index in [9.17, 15) is 14.4 Å². The summed E-state index contributed by atoms with van der Waals surface area (Å²) in [6.07, 6.45) is 69.4. The molecular weight excluding hydrogens is 793 g/mol. The summed E-state index contributed by atoms with van der Waals surface area (Å²) >= 11 is 0. The van der Waals surface area contributed by atoms with Gasteiger partial charge in [0.2, 0.25) is 0 Å². The van der Waals surface area contributed by atoms with Gasteiger partial charge in [-0.3, -0.25) is 14.4 Å². The van der Waals surface area contributed by atoms with Crippen molar-refractivity contribution in [2.24, 2.45) is 0 Å². The first-order chi connectivity index (χ1) is 31.5. The molecule has 0 aromatic carbocycles. The van der Waals surface area contributed by atoms with E-state index >= 15 is 0 Å². The van der Waals surface area contributed by atoms with Crippen LogP contribution in [-0.4, -0.2) is 37.2 Å². The molecule has 64 heavy (non-hydrogen) atoms. The first-order valence-electron chi connectivity index (χ1n) is 25.9. The average Bonchev–Trinajstić information content (AvgIpc) is 3.29. The Balaban J connectivity index is 4.53. The number of carbonyl (C=O) groups excluding carboxylic acids is 3. The zero-order valence-electron chi connectivity index (χ0n) is 41.3. The number of rotatable bonds is 45. The molecule has 0 rings (SSSR count). The van der Waals surface area contributed by atoms with E-state index in [2.05, 4.69) is 118 Å². The fourth-order valence-corrected chi connectivity index (χ4v) is 6.72. The van der Waals surface area contributed by atoms with Gasteiger partial charge < -0.3 is 14.2 Å². The number of carbonyl (C=O) groups is 3. The molecule has 0 fully saturated rings. The van der Waals surface area contributed by atoms with E-state index in [1.165, 1.54) is 57.8 Å². The van der Waals surface area contributed by atoms with Gasteiger partial charge in [0, 0.05) is 19.3 Å². The van der Waals surface area contributed by atoms with E-state index in [1.54, 1.807) is 0 Å². The molecule has 362 valence electrons. The van der Waals surface area contributed by atoms with Gasteiger partial charge >= 0.3 is 17.9 Å². The molecule has 6 heteroatoms. The lowest BCUT2D eigenvalue weighted by atomic mass is 10.0. The van der Waals surface area contributed by atoms with Crippen LogP contribution >= 0.6 is 0 Å². The van der Waals surface area contributed by atoms with Crippen LogP contribution in [0.3, 0.4) is 0 Å². The lowest BCUT2D eigenvalue weighted by Crippen LogP contribution is -2.30. The number of hydrogen-bond donors (Lipinski definition) is 0. The maximum atomic E-state index is 12.8. The highest BCUT2D eigenvalue weighted by Crippen LogP contribution is 2.14. The average molecular weight is 887 g/mol. The topological polar surface area (TPSA) is 78.9 Å². The van der Waals surface area contributed by atoms with Crippen LogP contribution in [0, 0.1) is 0 Å². The van der Waals surface area contributed by atoms with Gasteiger partial charge in [0.05, 0.1) is 0 Å². The van der Waals surface area contributed by atoms with Crippen molar-refractivity contribution in [2.45, 2.75) is 226 Å². The van der Waals surface area contributed by atoms with Crippen LogP contribution in [0.1, 0.15) is 220 Å². The molecule has 0 aromatic rings. The Hall–Kier alpha value is -3.93. The number of ether oxygens (including phenoxy) is 3. The van der Waals surface area contributed by atoms with Crippen LogP contribution in [-0.2, 0) is 28.6 Å². The second-order valence-electron chi connectivity index (χ2n) is 16.7. The second kappa shape index (κ2) is 51.7. The van der Waals surface area contributed by atoms with Crippen LogP contribution in [0.2, 0.25) is 0 Å². The number of unbranched alkanes of at least 4 members (excludes halogenated alkanes) is 16. The lowest BCUT2D eigenvalue weighted by molar-refractivity contribution is -0.166. The summed E-state index contributed by atoms with van der Waals surface area (Å²) in [5, 5.41) is 0. The lowest BCUT2D eigenvalue weighted by Gasteiger charge is -2.18. The Morgan fingerprint density at radius 3 is 1.05 bits per heavy atom. The molecule has 0 aliphatic rings. The number of hydrogen-bond acceptors (Lipinski definition) is 6. The summed E-state index contributed by atoms with van der Waals surface area (Å²) in [4.78, 5) is 37.9. The molecule has 0 N–H and O–H groups in total. The van der Waals surface area contributed by atoms with Crippen molar-refractivity contribution in [1.29, 1.82) is 0 Å². The molecule has 0 radical (unpaired) electrons. The first-order valence-corrected chi connectivity index (χ1v) is 25.9. The largest absolute Gasteiger partial charge is 0.462 e. The maximum absolute atomic E-state index is 12.8. The van der Waals surface area contributed by atoms with Crippen LogP contribution in [0.15, 0.2) is 109 Å². The SMILES string of the molecule is CC/C=C\C/C=C\C/C=C\C/C=C\C/C=C\C/C=C\CCC(=O)OC[C@@H](COC(=O)CCCCCCCCCCCCCC)OC(=O)CCCCCCC/C=C\C/C=C\C/C=C\CC. The minimum absolute atomic E-state index is 0.109. The van der Waals surface area contributed by atoms with Gasteiger partial charge in [-0.15, -0.1) is 0 Å². The molecule has 0 saturated carbocycles. The monoisotopic (exact) mass is 887 g/mol. The summed E-state index contributed by atoms with van der Waals surface area (Å²) in [6, 6.07) is 0. The summed E-state index contributed by atoms with van der Waals surface area (Å²) in [5.74, 6) is -1.02. The van der Waals surface area contributed by atoms with Gasteiger partial charge in [-0.05, 0) is 89.9 Å². The van der Waals surface area contributed by atoms with Crippen molar-refractivity contribution in [1.82, 2.24) is 0 Å². The van der Waals surface area contributed by atoms with E-state index in [-0.39, 0.29) is 37.5 Å². The summed E-state index contributed by atoms with van der Waals surface area (Å²) in [5.41, 5.74) is 0. The Kier molecular flexibility index (Phi) is 48.5. The van der Waals surface area contributed by atoms with E-state index < -0.39 is 6.10 Å². The van der Waals surface area contributed by atoms with Crippen LogP contribution < -0.4 is 0 Å². The predicted molar refractivity (Wildman–Crippen MR) is 274 cm³/mol. The Morgan fingerprint density at radius 2 is 0.641 bits per heavy atom. The van der Waals surface area contributed by atoms with Crippen LogP contribution in [0.5, 0.6) is 0 Å². The minimum Gasteiger partial charge on any atom is -0.462 e. The smallest absolute Gasteiger partial charge is 0.306 e. The molecule has 0 aliphatic carbocycles. The zero-order valence-corrected chi connectivity index (χ0v) is 41.3. The van der Waals surface area contributed by atoms with E-state index in [0.29, 0.717) is 19.3 Å². The predicted octanol–water partition coefficient (Wildman–Crippen LogP) is 17.1. The highest BCUT2D eigenvalue weighted by Gasteiger charge is 2.19. The van der Waals surface area contributed by atoms with Crippen LogP contribution in [0.25, 0.3) is 0 Å². The van der Waals surface area contributed by atoms with E-state index in [4.69, 9.17) is 14.2 Å². The molecule has 1 atom stereocenters. The molecule has 0 spiro atoms. The summed E-state index contributed by atoms with van der Waals surface area (Å²) in [6.45, 7) is 6.32. The highest BCUT2D eigenvalue weighted by atomic mass is 16.6.